The van der Waals surface area contributed by atoms with Crippen molar-refractivity contribution in [3.8, 4) is 0 Å². The first-order valence-corrected chi connectivity index (χ1v) is 6.55. The molecule has 0 unspecified atom stereocenters. The number of hydrogen-bond donors (Lipinski definition) is 2. The number of carboxylic acid groups (broad SMARTS) is 1. The smallest absolute Gasteiger partial charge is 0.325 e. The van der Waals surface area contributed by atoms with Crippen molar-refractivity contribution < 1.29 is 19.4 Å². The maximum Gasteiger partial charge on any atom is 0.325 e. The number of carboxylic acids is 1. The third kappa shape index (κ3) is 3.27. The Morgan fingerprint density at radius 1 is 1.30 bits per heavy atom. The molecule has 6 nitrogen and oxygen atoms in total. The van der Waals surface area contributed by atoms with Crippen LogP contribution in [-0.4, -0.2) is 54.2 Å². The highest BCUT2D eigenvalue weighted by atomic mass is 16.5. The molecule has 2 N–H and O–H groups in total. The molecule has 1 saturated heterocycles. The van der Waals surface area contributed by atoms with Gasteiger partial charge in [-0.05, 0) is 19.1 Å². The van der Waals surface area contributed by atoms with E-state index in [9.17, 15) is 9.59 Å². The monoisotopic (exact) mass is 278 g/mol. The molecular weight excluding hydrogens is 260 g/mol. The molecule has 0 aliphatic carbocycles. The van der Waals surface area contributed by atoms with Crippen molar-refractivity contribution in [1.29, 1.82) is 0 Å². The van der Waals surface area contributed by atoms with Crippen LogP contribution in [-0.2, 0) is 9.53 Å². The zero-order chi connectivity index (χ0) is 14.5. The van der Waals surface area contributed by atoms with Gasteiger partial charge in [0.2, 0.25) is 0 Å². The van der Waals surface area contributed by atoms with Crippen molar-refractivity contribution in [3.05, 3.63) is 29.8 Å². The molecule has 2 rings (SSSR count). The van der Waals surface area contributed by atoms with E-state index in [1.165, 1.54) is 0 Å². The Balaban J connectivity index is 2.18. The molecule has 20 heavy (non-hydrogen) atoms. The predicted octanol–water partition coefficient (Wildman–Crippen LogP) is 1.04. The van der Waals surface area contributed by atoms with E-state index < -0.39 is 12.0 Å². The maximum atomic E-state index is 12.5. The van der Waals surface area contributed by atoms with Crippen LogP contribution in [0.25, 0.3) is 0 Å². The summed E-state index contributed by atoms with van der Waals surface area (Å²) in [6.07, 6.45) is 0. The summed E-state index contributed by atoms with van der Waals surface area (Å²) in [7, 11) is 0. The molecule has 1 aromatic carbocycles. The molecule has 1 aromatic rings. The van der Waals surface area contributed by atoms with Gasteiger partial charge in [-0.15, -0.1) is 0 Å². The highest BCUT2D eigenvalue weighted by molar-refractivity contribution is 6.00. The largest absolute Gasteiger partial charge is 0.480 e. The van der Waals surface area contributed by atoms with Crippen LogP contribution in [0.15, 0.2) is 24.3 Å². The molecule has 1 atom stereocenters. The summed E-state index contributed by atoms with van der Waals surface area (Å²) in [6, 6.07) is 6.20. The van der Waals surface area contributed by atoms with E-state index in [4.69, 9.17) is 9.84 Å². The van der Waals surface area contributed by atoms with Crippen molar-refractivity contribution in [1.82, 2.24) is 4.90 Å². The van der Waals surface area contributed by atoms with E-state index in [2.05, 4.69) is 5.32 Å². The van der Waals surface area contributed by atoms with Gasteiger partial charge in [0.25, 0.3) is 5.91 Å². The van der Waals surface area contributed by atoms with Crippen LogP contribution in [0.4, 0.5) is 5.69 Å². The van der Waals surface area contributed by atoms with Gasteiger partial charge in [0, 0.05) is 18.8 Å². The normalized spacial score (nSPS) is 16.6. The number of hydrogen-bond acceptors (Lipinski definition) is 4. The molecule has 0 bridgehead atoms. The van der Waals surface area contributed by atoms with Gasteiger partial charge in [0.05, 0.1) is 18.8 Å². The number of carbonyl (C=O) groups excluding carboxylic acids is 1. The minimum atomic E-state index is -0.960. The molecule has 1 heterocycles. The summed E-state index contributed by atoms with van der Waals surface area (Å²) >= 11 is 0. The van der Waals surface area contributed by atoms with Crippen LogP contribution in [0.1, 0.15) is 17.3 Å². The Bertz CT molecular complexity index is 498. The van der Waals surface area contributed by atoms with Crippen LogP contribution in [0.5, 0.6) is 0 Å². The molecule has 1 aliphatic rings. The predicted molar refractivity (Wildman–Crippen MR) is 73.9 cm³/mol. The lowest BCUT2D eigenvalue weighted by Crippen LogP contribution is -2.41. The van der Waals surface area contributed by atoms with Gasteiger partial charge in [0.1, 0.15) is 6.04 Å². The zero-order valence-electron chi connectivity index (χ0n) is 11.3. The lowest BCUT2D eigenvalue weighted by Gasteiger charge is -2.28. The van der Waals surface area contributed by atoms with Crippen LogP contribution in [0.2, 0.25) is 0 Å². The van der Waals surface area contributed by atoms with Gasteiger partial charge >= 0.3 is 5.97 Å². The number of rotatable bonds is 4. The number of amides is 1. The summed E-state index contributed by atoms with van der Waals surface area (Å²) in [6.45, 7) is 3.72. The third-order valence-corrected chi connectivity index (χ3v) is 3.20. The lowest BCUT2D eigenvalue weighted by molar-refractivity contribution is -0.137. The number of para-hydroxylation sites is 1. The number of anilines is 1. The van der Waals surface area contributed by atoms with Gasteiger partial charge in [-0.3, -0.25) is 9.59 Å². The molecule has 0 saturated carbocycles. The first-order chi connectivity index (χ1) is 9.59. The minimum Gasteiger partial charge on any atom is -0.480 e. The fourth-order valence-corrected chi connectivity index (χ4v) is 2.03. The van der Waals surface area contributed by atoms with E-state index in [-0.39, 0.29) is 5.91 Å². The number of morpholine rings is 1. The molecule has 1 amide bonds. The van der Waals surface area contributed by atoms with E-state index in [0.29, 0.717) is 37.6 Å². The Kier molecular flexibility index (Phi) is 4.57. The number of nitrogens with one attached hydrogen (secondary N) is 1. The van der Waals surface area contributed by atoms with Crippen LogP contribution < -0.4 is 5.32 Å². The average molecular weight is 278 g/mol. The molecule has 1 aliphatic heterocycles. The Morgan fingerprint density at radius 3 is 2.60 bits per heavy atom. The van der Waals surface area contributed by atoms with E-state index in [1.807, 2.05) is 0 Å². The number of aliphatic carboxylic acids is 1. The topological polar surface area (TPSA) is 78.9 Å². The van der Waals surface area contributed by atoms with Crippen LogP contribution in [0, 0.1) is 0 Å². The van der Waals surface area contributed by atoms with Crippen molar-refractivity contribution in [2.45, 2.75) is 13.0 Å². The van der Waals surface area contributed by atoms with Crippen molar-refractivity contribution in [2.24, 2.45) is 0 Å². The summed E-state index contributed by atoms with van der Waals surface area (Å²) in [5.74, 6) is -1.06. The van der Waals surface area contributed by atoms with Gasteiger partial charge in [-0.25, -0.2) is 0 Å². The van der Waals surface area contributed by atoms with Crippen molar-refractivity contribution >= 4 is 17.6 Å². The highest BCUT2D eigenvalue weighted by Gasteiger charge is 2.22. The second-order valence-corrected chi connectivity index (χ2v) is 4.65. The van der Waals surface area contributed by atoms with Gasteiger partial charge < -0.3 is 20.1 Å². The third-order valence-electron chi connectivity index (χ3n) is 3.20. The molecule has 0 spiro atoms. The molecule has 108 valence electrons. The molecule has 1 fully saturated rings. The van der Waals surface area contributed by atoms with Crippen molar-refractivity contribution in [3.63, 3.8) is 0 Å². The summed E-state index contributed by atoms with van der Waals surface area (Å²) in [5, 5.41) is 11.8. The van der Waals surface area contributed by atoms with Gasteiger partial charge in [0.15, 0.2) is 0 Å². The zero-order valence-corrected chi connectivity index (χ0v) is 11.3. The molecular formula is C14H18N2O4. The van der Waals surface area contributed by atoms with Crippen molar-refractivity contribution in [2.75, 3.05) is 31.6 Å². The second kappa shape index (κ2) is 6.38. The van der Waals surface area contributed by atoms with E-state index in [0.717, 1.165) is 0 Å². The Hall–Kier alpha value is -2.08. The first kappa shape index (κ1) is 14.3. The fourth-order valence-electron chi connectivity index (χ4n) is 2.03. The van der Waals surface area contributed by atoms with Gasteiger partial charge in [-0.1, -0.05) is 12.1 Å². The summed E-state index contributed by atoms with van der Waals surface area (Å²) in [4.78, 5) is 25.1. The van der Waals surface area contributed by atoms with Gasteiger partial charge in [-0.2, -0.15) is 0 Å². The molecule has 0 radical (unpaired) electrons. The highest BCUT2D eigenvalue weighted by Crippen LogP contribution is 2.19. The average Bonchev–Trinajstić information content (AvgIpc) is 2.48. The first-order valence-electron chi connectivity index (χ1n) is 6.55. The quantitative estimate of drug-likeness (QED) is 0.860. The number of benzene rings is 1. The summed E-state index contributed by atoms with van der Waals surface area (Å²) < 4.78 is 5.22. The maximum absolute atomic E-state index is 12.5. The lowest BCUT2D eigenvalue weighted by atomic mass is 10.1. The number of ether oxygens (including phenoxy) is 1. The van der Waals surface area contributed by atoms with E-state index >= 15 is 0 Å². The Labute approximate surface area is 117 Å². The van der Waals surface area contributed by atoms with Crippen LogP contribution >= 0.6 is 0 Å². The fraction of sp³-hybridized carbons (Fsp3) is 0.429. The Morgan fingerprint density at radius 2 is 1.95 bits per heavy atom. The molecule has 6 heteroatoms. The number of carbonyl (C=O) groups is 2. The van der Waals surface area contributed by atoms with E-state index in [1.54, 1.807) is 36.1 Å². The second-order valence-electron chi connectivity index (χ2n) is 4.65. The summed E-state index contributed by atoms with van der Waals surface area (Å²) in [5.41, 5.74) is 1.03. The molecule has 0 aromatic heterocycles. The van der Waals surface area contributed by atoms with Crippen LogP contribution in [0.3, 0.4) is 0 Å². The number of nitrogens with zero attached hydrogens (tertiary/aromatic N) is 1. The SMILES string of the molecule is C[C@H](Nc1ccccc1C(=O)N1CCOCC1)C(=O)O. The standard InChI is InChI=1S/C14H18N2O4/c1-10(14(18)19)15-12-5-3-2-4-11(12)13(17)16-6-8-20-9-7-16/h2-5,10,15H,6-9H2,1H3,(H,18,19)/t10-/m0/s1. The minimum absolute atomic E-state index is 0.103.